The average Bonchev–Trinajstić information content (AvgIpc) is 2.58. The number of H-pyrrole nitrogens is 1. The Morgan fingerprint density at radius 3 is 2.92 bits per heavy atom. The predicted molar refractivity (Wildman–Crippen MR) is 50.4 cm³/mol. The maximum Gasteiger partial charge on any atom is 0.0825 e. The summed E-state index contributed by atoms with van der Waals surface area (Å²) in [6.07, 6.45) is 6.31. The van der Waals surface area contributed by atoms with E-state index in [2.05, 4.69) is 22.6 Å². The Kier molecular flexibility index (Phi) is 2.38. The molecule has 1 aliphatic heterocycles. The first kappa shape index (κ1) is 8.14. The lowest BCUT2D eigenvalue weighted by Crippen LogP contribution is -2.34. The van der Waals surface area contributed by atoms with Gasteiger partial charge in [-0.1, -0.05) is 0 Å². The van der Waals surface area contributed by atoms with E-state index in [4.69, 9.17) is 11.6 Å². The molecular formula is C9H13ClN2. The molecule has 2 N–H and O–H groups in total. The Balaban J connectivity index is 1.99. The molecule has 0 saturated carbocycles. The molecule has 2 rings (SSSR count). The van der Waals surface area contributed by atoms with E-state index < -0.39 is 0 Å². The molecular weight excluding hydrogens is 172 g/mol. The highest BCUT2D eigenvalue weighted by Gasteiger charge is 2.19. The van der Waals surface area contributed by atoms with E-state index in [1.807, 2.05) is 6.20 Å². The largest absolute Gasteiger partial charge is 0.367 e. The topological polar surface area (TPSA) is 27.8 Å². The van der Waals surface area contributed by atoms with E-state index >= 15 is 0 Å². The summed E-state index contributed by atoms with van der Waals surface area (Å²) in [6, 6.07) is 2.14. The van der Waals surface area contributed by atoms with Crippen LogP contribution in [0.4, 0.5) is 0 Å². The lowest BCUT2D eigenvalue weighted by Gasteiger charge is -2.25. The molecule has 1 aliphatic rings. The third-order valence-corrected chi connectivity index (χ3v) is 2.82. The number of rotatable bonds is 1. The summed E-state index contributed by atoms with van der Waals surface area (Å²) in [6.45, 7) is 1.01. The van der Waals surface area contributed by atoms with Crippen LogP contribution in [-0.4, -0.2) is 17.0 Å². The van der Waals surface area contributed by atoms with Crippen LogP contribution in [0.25, 0.3) is 0 Å². The Morgan fingerprint density at radius 2 is 2.33 bits per heavy atom. The molecule has 12 heavy (non-hydrogen) atoms. The first-order valence-corrected chi connectivity index (χ1v) is 4.80. The second-order valence-corrected chi connectivity index (χ2v) is 3.82. The quantitative estimate of drug-likeness (QED) is 0.508. The van der Waals surface area contributed by atoms with Crippen LogP contribution < -0.4 is 5.32 Å². The lowest BCUT2D eigenvalue weighted by atomic mass is 9.94. The summed E-state index contributed by atoms with van der Waals surface area (Å²) in [5.41, 5.74) is 1.58. The van der Waals surface area contributed by atoms with Crippen molar-refractivity contribution < 1.29 is 0 Å². The molecule has 66 valence electrons. The zero-order chi connectivity index (χ0) is 8.39. The van der Waals surface area contributed by atoms with E-state index in [1.54, 1.807) is 0 Å². The molecule has 0 spiro atoms. The van der Waals surface area contributed by atoms with E-state index in [0.717, 1.165) is 13.0 Å². The van der Waals surface area contributed by atoms with E-state index in [1.165, 1.54) is 12.0 Å². The fourth-order valence-corrected chi connectivity index (χ4v) is 1.91. The maximum atomic E-state index is 5.92. The molecule has 0 aromatic carbocycles. The van der Waals surface area contributed by atoms with Crippen molar-refractivity contribution in [2.45, 2.75) is 24.3 Å². The van der Waals surface area contributed by atoms with Crippen molar-refractivity contribution in [2.24, 2.45) is 0 Å². The molecule has 1 fully saturated rings. The Hall–Kier alpha value is -0.470. The minimum atomic E-state index is 0.181. The number of aromatic amines is 1. The van der Waals surface area contributed by atoms with Crippen LogP contribution in [0.2, 0.25) is 0 Å². The number of halogens is 1. The fraction of sp³-hybridized carbons (Fsp3) is 0.556. The lowest BCUT2D eigenvalue weighted by molar-refractivity contribution is 0.434. The summed E-state index contributed by atoms with van der Waals surface area (Å²) in [4.78, 5) is 3.08. The first-order valence-electron chi connectivity index (χ1n) is 4.36. The van der Waals surface area contributed by atoms with Crippen molar-refractivity contribution in [1.29, 1.82) is 0 Å². The normalized spacial score (nSPS) is 30.4. The number of nitrogens with one attached hydrogen (secondary N) is 2. The number of piperidine rings is 1. The highest BCUT2D eigenvalue weighted by atomic mass is 35.5. The smallest absolute Gasteiger partial charge is 0.0825 e. The van der Waals surface area contributed by atoms with Crippen LogP contribution in [0.5, 0.6) is 0 Å². The summed E-state index contributed by atoms with van der Waals surface area (Å²) >= 11 is 5.92. The molecule has 2 atom stereocenters. The van der Waals surface area contributed by atoms with Gasteiger partial charge in [-0.2, -0.15) is 0 Å². The van der Waals surface area contributed by atoms with Gasteiger partial charge >= 0.3 is 0 Å². The van der Waals surface area contributed by atoms with Gasteiger partial charge in [0.2, 0.25) is 0 Å². The molecule has 2 nitrogen and oxygen atoms in total. The van der Waals surface area contributed by atoms with Gasteiger partial charge in [0, 0.05) is 18.9 Å². The van der Waals surface area contributed by atoms with Crippen molar-refractivity contribution in [3.8, 4) is 0 Å². The molecule has 0 amide bonds. The average molecular weight is 185 g/mol. The summed E-state index contributed by atoms with van der Waals surface area (Å²) in [5.74, 6) is 0.645. The molecule has 0 bridgehead atoms. The van der Waals surface area contributed by atoms with Gasteiger partial charge in [0.25, 0.3) is 0 Å². The Labute approximate surface area is 77.3 Å². The monoisotopic (exact) mass is 184 g/mol. The van der Waals surface area contributed by atoms with Crippen molar-refractivity contribution in [3.63, 3.8) is 0 Å². The van der Waals surface area contributed by atoms with Crippen LogP contribution in [0.15, 0.2) is 18.5 Å². The molecule has 2 heterocycles. The third-order valence-electron chi connectivity index (χ3n) is 2.45. The van der Waals surface area contributed by atoms with Crippen molar-refractivity contribution in [3.05, 3.63) is 24.0 Å². The Bertz CT molecular complexity index is 225. The first-order chi connectivity index (χ1) is 5.86. The van der Waals surface area contributed by atoms with Gasteiger partial charge in [0.05, 0.1) is 5.50 Å². The van der Waals surface area contributed by atoms with Gasteiger partial charge in [-0.3, -0.25) is 0 Å². The molecule has 2 unspecified atom stereocenters. The van der Waals surface area contributed by atoms with Crippen LogP contribution in [-0.2, 0) is 0 Å². The van der Waals surface area contributed by atoms with Crippen LogP contribution >= 0.6 is 11.6 Å². The zero-order valence-electron chi connectivity index (χ0n) is 6.89. The van der Waals surface area contributed by atoms with Gasteiger partial charge in [-0.25, -0.2) is 0 Å². The van der Waals surface area contributed by atoms with E-state index in [0.29, 0.717) is 5.92 Å². The molecule has 1 aromatic heterocycles. The van der Waals surface area contributed by atoms with Crippen molar-refractivity contribution in [1.82, 2.24) is 10.3 Å². The Morgan fingerprint density at radius 1 is 1.42 bits per heavy atom. The van der Waals surface area contributed by atoms with Crippen molar-refractivity contribution in [2.75, 3.05) is 6.54 Å². The van der Waals surface area contributed by atoms with Gasteiger partial charge in [0.15, 0.2) is 0 Å². The molecule has 0 aliphatic carbocycles. The molecule has 1 saturated heterocycles. The van der Waals surface area contributed by atoms with Crippen LogP contribution in [0.1, 0.15) is 24.3 Å². The predicted octanol–water partition coefficient (Wildman–Crippen LogP) is 2.05. The summed E-state index contributed by atoms with van der Waals surface area (Å²) < 4.78 is 0. The molecule has 3 heteroatoms. The van der Waals surface area contributed by atoms with Crippen LogP contribution in [0.3, 0.4) is 0 Å². The molecule has 0 radical (unpaired) electrons. The minimum absolute atomic E-state index is 0.181. The van der Waals surface area contributed by atoms with Gasteiger partial charge in [-0.15, -0.1) is 11.6 Å². The highest BCUT2D eigenvalue weighted by molar-refractivity contribution is 6.20. The fourth-order valence-electron chi connectivity index (χ4n) is 1.70. The zero-order valence-corrected chi connectivity index (χ0v) is 7.64. The van der Waals surface area contributed by atoms with Gasteiger partial charge < -0.3 is 10.3 Å². The minimum Gasteiger partial charge on any atom is -0.367 e. The van der Waals surface area contributed by atoms with Gasteiger partial charge in [-0.05, 0) is 30.4 Å². The standard InChI is InChI=1S/C9H13ClN2/c10-9-2-1-7(6-12-9)8-3-4-11-5-8/h3-5,7,9,11-12H,1-2,6H2. The number of hydrogen-bond acceptors (Lipinski definition) is 1. The molecule has 1 aromatic rings. The number of aromatic nitrogens is 1. The van der Waals surface area contributed by atoms with E-state index in [-0.39, 0.29) is 5.50 Å². The summed E-state index contributed by atoms with van der Waals surface area (Å²) in [7, 11) is 0. The SMILES string of the molecule is ClC1CCC(c2cc[nH]c2)CN1. The van der Waals surface area contributed by atoms with Crippen LogP contribution in [0, 0.1) is 0 Å². The maximum absolute atomic E-state index is 5.92. The van der Waals surface area contributed by atoms with Crippen molar-refractivity contribution >= 4 is 11.6 Å². The number of alkyl halides is 1. The van der Waals surface area contributed by atoms with E-state index in [9.17, 15) is 0 Å². The highest BCUT2D eigenvalue weighted by Crippen LogP contribution is 2.25. The third kappa shape index (κ3) is 1.65. The number of hydrogen-bond donors (Lipinski definition) is 2. The second-order valence-electron chi connectivity index (χ2n) is 3.29. The second kappa shape index (κ2) is 3.50. The van der Waals surface area contributed by atoms with Gasteiger partial charge in [0.1, 0.15) is 0 Å². The summed E-state index contributed by atoms with van der Waals surface area (Å²) in [5, 5.41) is 3.27.